The van der Waals surface area contributed by atoms with Gasteiger partial charge in [0.1, 0.15) is 0 Å². The number of nitrogens with one attached hydrogen (secondary N) is 3. The summed E-state index contributed by atoms with van der Waals surface area (Å²) in [7, 11) is 1.38. The number of ether oxygens (including phenoxy) is 1. The topological polar surface area (TPSA) is 108 Å². The van der Waals surface area contributed by atoms with Crippen molar-refractivity contribution in [1.29, 1.82) is 0 Å². The van der Waals surface area contributed by atoms with Gasteiger partial charge in [-0.25, -0.2) is 0 Å². The molecule has 164 valence electrons. The first-order valence-electron chi connectivity index (χ1n) is 10.7. The molecule has 0 spiro atoms. The van der Waals surface area contributed by atoms with E-state index in [1.807, 2.05) is 13.8 Å². The molecule has 4 N–H and O–H groups in total. The van der Waals surface area contributed by atoms with Crippen molar-refractivity contribution in [3.8, 4) is 5.88 Å². The van der Waals surface area contributed by atoms with Gasteiger partial charge in [-0.3, -0.25) is 5.10 Å². The van der Waals surface area contributed by atoms with Crippen LogP contribution in [0.15, 0.2) is 6.07 Å². The van der Waals surface area contributed by atoms with Gasteiger partial charge >= 0.3 is 0 Å². The number of fused-ring (bicyclic) bond motifs is 2. The number of aryl methyl sites for hydroxylation is 1. The lowest BCUT2D eigenvalue weighted by atomic mass is 9.60. The van der Waals surface area contributed by atoms with Crippen LogP contribution in [0, 0.1) is 30.5 Å². The van der Waals surface area contributed by atoms with Crippen molar-refractivity contribution in [2.45, 2.75) is 64.5 Å². The Labute approximate surface area is 176 Å². The highest BCUT2D eigenvalue weighted by Gasteiger charge is 2.46. The molecule has 2 aromatic heterocycles. The lowest BCUT2D eigenvalue weighted by molar-refractivity contribution is -0.0524. The van der Waals surface area contributed by atoms with Gasteiger partial charge in [0.15, 0.2) is 11.6 Å². The molecule has 2 aromatic rings. The van der Waals surface area contributed by atoms with Crippen LogP contribution in [0.25, 0.3) is 0 Å². The Kier molecular flexibility index (Phi) is 5.57. The Morgan fingerprint density at radius 2 is 2.13 bits per heavy atom. The van der Waals surface area contributed by atoms with Gasteiger partial charge in [-0.15, -0.1) is 0 Å². The van der Waals surface area contributed by atoms with E-state index in [1.54, 1.807) is 6.07 Å². The van der Waals surface area contributed by atoms with E-state index in [0.29, 0.717) is 29.5 Å². The summed E-state index contributed by atoms with van der Waals surface area (Å²) < 4.78 is 19.9. The van der Waals surface area contributed by atoms with Gasteiger partial charge in [0.2, 0.25) is 11.8 Å². The third kappa shape index (κ3) is 4.21. The first-order valence-corrected chi connectivity index (χ1v) is 10.7. The van der Waals surface area contributed by atoms with E-state index >= 15 is 0 Å². The third-order valence-corrected chi connectivity index (χ3v) is 6.50. The van der Waals surface area contributed by atoms with Crippen LogP contribution in [0.5, 0.6) is 5.88 Å². The molecular formula is C21H31FN6O2. The number of nitrogens with zero attached hydrogens (tertiary/aromatic N) is 3. The number of hydrogen-bond acceptors (Lipinski definition) is 7. The van der Waals surface area contributed by atoms with Gasteiger partial charge in [-0.05, 0) is 57.3 Å². The van der Waals surface area contributed by atoms with Crippen molar-refractivity contribution in [2.75, 3.05) is 17.7 Å². The number of aliphatic hydroxyl groups is 1. The van der Waals surface area contributed by atoms with Gasteiger partial charge in [0.25, 0.3) is 5.88 Å². The van der Waals surface area contributed by atoms with Gasteiger partial charge in [0, 0.05) is 17.8 Å². The van der Waals surface area contributed by atoms with Crippen LogP contribution in [-0.4, -0.2) is 44.0 Å². The van der Waals surface area contributed by atoms with Crippen molar-refractivity contribution in [2.24, 2.45) is 17.8 Å². The number of hydrogen-bond donors (Lipinski definition) is 4. The molecule has 4 rings (SSSR count). The molecule has 2 heterocycles. The third-order valence-electron chi connectivity index (χ3n) is 6.50. The van der Waals surface area contributed by atoms with Gasteiger partial charge in [-0.2, -0.15) is 19.5 Å². The number of halogens is 1. The molecule has 2 aliphatic rings. The zero-order valence-electron chi connectivity index (χ0n) is 18.0. The van der Waals surface area contributed by atoms with E-state index < -0.39 is 11.4 Å². The lowest BCUT2D eigenvalue weighted by Crippen LogP contribution is -2.50. The maximum atomic E-state index is 14.8. The molecule has 2 fully saturated rings. The molecule has 2 bridgehead atoms. The molecule has 2 saturated carbocycles. The minimum absolute atomic E-state index is 0.00762. The van der Waals surface area contributed by atoms with Crippen molar-refractivity contribution in [3.05, 3.63) is 17.6 Å². The van der Waals surface area contributed by atoms with Crippen molar-refractivity contribution < 1.29 is 14.2 Å². The summed E-state index contributed by atoms with van der Waals surface area (Å²) in [6, 6.07) is 1.88. The predicted octanol–water partition coefficient (Wildman–Crippen LogP) is 3.78. The molecule has 2 aliphatic carbocycles. The first kappa shape index (κ1) is 20.8. The summed E-state index contributed by atoms with van der Waals surface area (Å²) in [5.41, 5.74) is 0.210. The monoisotopic (exact) mass is 418 g/mol. The van der Waals surface area contributed by atoms with Crippen molar-refractivity contribution >= 4 is 17.6 Å². The molecule has 5 atom stereocenters. The molecule has 0 amide bonds. The highest BCUT2D eigenvalue weighted by Crippen LogP contribution is 2.48. The largest absolute Gasteiger partial charge is 0.479 e. The smallest absolute Gasteiger partial charge is 0.257 e. The number of aromatic nitrogens is 4. The van der Waals surface area contributed by atoms with Crippen LogP contribution in [-0.2, 0) is 0 Å². The summed E-state index contributed by atoms with van der Waals surface area (Å²) in [4.78, 5) is 8.64. The van der Waals surface area contributed by atoms with E-state index in [9.17, 15) is 9.50 Å². The van der Waals surface area contributed by atoms with Crippen LogP contribution in [0.1, 0.15) is 51.6 Å². The average Bonchev–Trinajstić information content (AvgIpc) is 3.09. The van der Waals surface area contributed by atoms with Crippen LogP contribution >= 0.6 is 0 Å². The molecule has 0 radical (unpaired) electrons. The van der Waals surface area contributed by atoms with E-state index in [-0.39, 0.29) is 17.7 Å². The predicted molar refractivity (Wildman–Crippen MR) is 112 cm³/mol. The molecule has 0 saturated heterocycles. The number of rotatable bonds is 6. The summed E-state index contributed by atoms with van der Waals surface area (Å²) >= 11 is 0. The quantitative estimate of drug-likeness (QED) is 0.565. The Balaban J connectivity index is 1.61. The van der Waals surface area contributed by atoms with Gasteiger partial charge < -0.3 is 20.5 Å². The fourth-order valence-corrected chi connectivity index (χ4v) is 5.40. The second kappa shape index (κ2) is 8.02. The highest BCUT2D eigenvalue weighted by molar-refractivity contribution is 5.56. The maximum absolute atomic E-state index is 14.8. The Bertz CT molecular complexity index is 902. The normalized spacial score (nSPS) is 30.7. The maximum Gasteiger partial charge on any atom is 0.257 e. The molecule has 0 aliphatic heterocycles. The molecule has 30 heavy (non-hydrogen) atoms. The minimum Gasteiger partial charge on any atom is -0.479 e. The number of methoxy groups -OCH3 is 1. The molecule has 0 aromatic carbocycles. The first-order chi connectivity index (χ1) is 14.3. The standard InChI is InChI=1S/C21H31FN6O2/c1-5-13-7-12-8-14(10-21(3,29)9-12)17(13)24-20-25-18(16(22)19(26-20)30-4)23-15-6-11(2)27-28-15/h6,12-14,17,29H,5,7-10H2,1-4H3,(H3,23,24,25,26,27,28). The lowest BCUT2D eigenvalue weighted by Gasteiger charge is -2.50. The fourth-order valence-electron chi connectivity index (χ4n) is 5.40. The number of H-pyrrole nitrogens is 1. The Hall–Kier alpha value is -2.42. The van der Waals surface area contributed by atoms with Crippen LogP contribution in [0.2, 0.25) is 0 Å². The molecular weight excluding hydrogens is 387 g/mol. The summed E-state index contributed by atoms with van der Waals surface area (Å²) in [6.07, 6.45) is 4.79. The Morgan fingerprint density at radius 1 is 1.33 bits per heavy atom. The summed E-state index contributed by atoms with van der Waals surface area (Å²) in [6.45, 7) is 5.99. The molecule has 5 unspecified atom stereocenters. The van der Waals surface area contributed by atoms with E-state index in [1.165, 1.54) is 7.11 Å². The second-order valence-corrected chi connectivity index (χ2v) is 9.12. The van der Waals surface area contributed by atoms with Crippen LogP contribution < -0.4 is 15.4 Å². The highest BCUT2D eigenvalue weighted by atomic mass is 19.1. The second-order valence-electron chi connectivity index (χ2n) is 9.12. The van der Waals surface area contributed by atoms with E-state index in [2.05, 4.69) is 37.7 Å². The van der Waals surface area contributed by atoms with Gasteiger partial charge in [0.05, 0.1) is 12.7 Å². The summed E-state index contributed by atoms with van der Waals surface area (Å²) in [5, 5.41) is 24.0. The molecule has 8 nitrogen and oxygen atoms in total. The van der Waals surface area contributed by atoms with E-state index in [0.717, 1.165) is 37.8 Å². The number of anilines is 3. The SMILES string of the molecule is CCC1CC2CC(CC(C)(O)C2)C1Nc1nc(Nc2cc(C)[nH]n2)c(F)c(OC)n1. The van der Waals surface area contributed by atoms with Crippen LogP contribution in [0.3, 0.4) is 0 Å². The zero-order chi connectivity index (χ0) is 21.5. The van der Waals surface area contributed by atoms with Crippen molar-refractivity contribution in [1.82, 2.24) is 20.2 Å². The minimum atomic E-state index is -0.667. The Morgan fingerprint density at radius 3 is 2.80 bits per heavy atom. The van der Waals surface area contributed by atoms with Gasteiger partial charge in [-0.1, -0.05) is 13.3 Å². The fraction of sp³-hybridized carbons (Fsp3) is 0.667. The average molecular weight is 419 g/mol. The molecule has 9 heteroatoms. The zero-order valence-corrected chi connectivity index (χ0v) is 18.0. The number of aromatic amines is 1. The van der Waals surface area contributed by atoms with Crippen LogP contribution in [0.4, 0.5) is 22.0 Å². The van der Waals surface area contributed by atoms with E-state index in [4.69, 9.17) is 4.74 Å². The van der Waals surface area contributed by atoms with Crippen molar-refractivity contribution in [3.63, 3.8) is 0 Å². The summed E-state index contributed by atoms with van der Waals surface area (Å²) in [5.74, 6) is 1.32.